The van der Waals surface area contributed by atoms with E-state index < -0.39 is 37.3 Å². The molecule has 0 unspecified atom stereocenters. The molecule has 0 amide bonds. The first kappa shape index (κ1) is 17.8. The molecular formula is C17H15ClFNO4S. The van der Waals surface area contributed by atoms with Crippen LogP contribution in [0.3, 0.4) is 0 Å². The van der Waals surface area contributed by atoms with Crippen LogP contribution in [0.2, 0.25) is 5.02 Å². The third kappa shape index (κ3) is 3.40. The van der Waals surface area contributed by atoms with Gasteiger partial charge in [-0.3, -0.25) is 0 Å². The number of aromatic carboxylic acids is 1. The summed E-state index contributed by atoms with van der Waals surface area (Å²) in [6, 6.07) is 11.2. The lowest BCUT2D eigenvalue weighted by atomic mass is 9.99. The first-order chi connectivity index (χ1) is 11.8. The number of rotatable bonds is 4. The van der Waals surface area contributed by atoms with Crippen molar-refractivity contribution in [1.29, 1.82) is 0 Å². The molecule has 0 aromatic heterocycles. The van der Waals surface area contributed by atoms with Gasteiger partial charge in [-0.1, -0.05) is 41.9 Å². The Labute approximate surface area is 149 Å². The number of carboxylic acid groups (broad SMARTS) is 1. The highest BCUT2D eigenvalue weighted by Gasteiger charge is 2.34. The van der Waals surface area contributed by atoms with Crippen LogP contribution in [0.5, 0.6) is 0 Å². The van der Waals surface area contributed by atoms with Gasteiger partial charge in [0.1, 0.15) is 5.82 Å². The van der Waals surface area contributed by atoms with Gasteiger partial charge in [0.25, 0.3) is 0 Å². The topological polar surface area (TPSA) is 74.7 Å². The maximum Gasteiger partial charge on any atom is 0.337 e. The first-order valence-corrected chi connectivity index (χ1v) is 9.40. The van der Waals surface area contributed by atoms with E-state index in [9.17, 15) is 17.6 Å². The van der Waals surface area contributed by atoms with E-state index >= 15 is 0 Å². The van der Waals surface area contributed by atoms with Gasteiger partial charge in [0.2, 0.25) is 10.0 Å². The Balaban J connectivity index is 1.92. The van der Waals surface area contributed by atoms with Crippen LogP contribution in [0.15, 0.2) is 47.4 Å². The molecular weight excluding hydrogens is 369 g/mol. The summed E-state index contributed by atoms with van der Waals surface area (Å²) in [4.78, 5) is 10.7. The molecule has 1 heterocycles. The fraction of sp³-hybridized carbons (Fsp3) is 0.235. The fourth-order valence-corrected chi connectivity index (χ4v) is 4.69. The van der Waals surface area contributed by atoms with E-state index in [1.807, 2.05) is 30.3 Å². The number of hydrogen-bond donors (Lipinski definition) is 1. The highest BCUT2D eigenvalue weighted by Crippen LogP contribution is 2.32. The lowest BCUT2D eigenvalue weighted by molar-refractivity contribution is 0.0696. The molecule has 5 nitrogen and oxygen atoms in total. The summed E-state index contributed by atoms with van der Waals surface area (Å²) >= 11 is 5.61. The zero-order chi connectivity index (χ0) is 18.2. The monoisotopic (exact) mass is 383 g/mol. The minimum absolute atomic E-state index is 0.0482. The largest absolute Gasteiger partial charge is 0.478 e. The molecule has 132 valence electrons. The van der Waals surface area contributed by atoms with Crippen molar-refractivity contribution in [3.05, 3.63) is 64.4 Å². The molecule has 2 aromatic carbocycles. The summed E-state index contributed by atoms with van der Waals surface area (Å²) in [5.74, 6) is -2.50. The van der Waals surface area contributed by atoms with Crippen molar-refractivity contribution < 1.29 is 22.7 Å². The second kappa shape index (κ2) is 6.74. The lowest BCUT2D eigenvalue weighted by Crippen LogP contribution is -2.29. The summed E-state index contributed by atoms with van der Waals surface area (Å²) in [5, 5.41) is 8.47. The number of halogens is 2. The SMILES string of the molecule is O=C(O)c1cc(S(=O)(=O)N2CC[C@@H](c3ccccc3)C2)cc(F)c1Cl. The Morgan fingerprint density at radius 3 is 2.56 bits per heavy atom. The molecule has 2 aromatic rings. The number of carbonyl (C=O) groups is 1. The Hall–Kier alpha value is -1.96. The molecule has 1 fully saturated rings. The molecule has 1 aliphatic rings. The summed E-state index contributed by atoms with van der Waals surface area (Å²) < 4.78 is 40.7. The van der Waals surface area contributed by atoms with E-state index in [2.05, 4.69) is 0 Å². The molecule has 1 atom stereocenters. The molecule has 0 radical (unpaired) electrons. The van der Waals surface area contributed by atoms with E-state index in [0.717, 1.165) is 17.7 Å². The average Bonchev–Trinajstić information content (AvgIpc) is 3.08. The molecule has 1 saturated heterocycles. The van der Waals surface area contributed by atoms with Gasteiger partial charge >= 0.3 is 5.97 Å². The van der Waals surface area contributed by atoms with E-state index in [4.69, 9.17) is 16.7 Å². The van der Waals surface area contributed by atoms with Crippen molar-refractivity contribution in [3.8, 4) is 0 Å². The number of hydrogen-bond acceptors (Lipinski definition) is 3. The highest BCUT2D eigenvalue weighted by atomic mass is 35.5. The van der Waals surface area contributed by atoms with Gasteiger partial charge in [-0.25, -0.2) is 17.6 Å². The zero-order valence-corrected chi connectivity index (χ0v) is 14.6. The Kier molecular flexibility index (Phi) is 4.81. The van der Waals surface area contributed by atoms with Gasteiger partial charge in [-0.15, -0.1) is 0 Å². The summed E-state index contributed by atoms with van der Waals surface area (Å²) in [7, 11) is -4.00. The van der Waals surface area contributed by atoms with Crippen LogP contribution in [0, 0.1) is 5.82 Å². The predicted octanol–water partition coefficient (Wildman–Crippen LogP) is 3.36. The first-order valence-electron chi connectivity index (χ1n) is 7.58. The van der Waals surface area contributed by atoms with E-state index in [-0.39, 0.29) is 19.0 Å². The quantitative estimate of drug-likeness (QED) is 0.878. The smallest absolute Gasteiger partial charge is 0.337 e. The van der Waals surface area contributed by atoms with Gasteiger partial charge in [-0.2, -0.15) is 4.31 Å². The maximum atomic E-state index is 13.9. The fourth-order valence-electron chi connectivity index (χ4n) is 2.96. The second-order valence-corrected chi connectivity index (χ2v) is 8.15. The molecule has 25 heavy (non-hydrogen) atoms. The van der Waals surface area contributed by atoms with Crippen LogP contribution in [-0.4, -0.2) is 36.9 Å². The van der Waals surface area contributed by atoms with Crippen molar-refractivity contribution in [2.24, 2.45) is 0 Å². The van der Waals surface area contributed by atoms with Crippen molar-refractivity contribution in [2.75, 3.05) is 13.1 Å². The van der Waals surface area contributed by atoms with Crippen LogP contribution >= 0.6 is 11.6 Å². The minimum atomic E-state index is -4.00. The van der Waals surface area contributed by atoms with Crippen molar-refractivity contribution in [3.63, 3.8) is 0 Å². The van der Waals surface area contributed by atoms with Gasteiger partial charge in [0.05, 0.1) is 15.5 Å². The molecule has 0 spiro atoms. The number of carboxylic acids is 1. The number of nitrogens with zero attached hydrogens (tertiary/aromatic N) is 1. The van der Waals surface area contributed by atoms with E-state index in [1.54, 1.807) is 0 Å². The lowest BCUT2D eigenvalue weighted by Gasteiger charge is -2.17. The number of benzene rings is 2. The van der Waals surface area contributed by atoms with Crippen LogP contribution in [0.25, 0.3) is 0 Å². The van der Waals surface area contributed by atoms with E-state index in [0.29, 0.717) is 6.42 Å². The predicted molar refractivity (Wildman–Crippen MR) is 90.9 cm³/mol. The van der Waals surface area contributed by atoms with Crippen LogP contribution in [-0.2, 0) is 10.0 Å². The third-order valence-corrected chi connectivity index (χ3v) is 6.52. The molecule has 0 saturated carbocycles. The Bertz CT molecular complexity index is 918. The Morgan fingerprint density at radius 2 is 1.92 bits per heavy atom. The van der Waals surface area contributed by atoms with Gasteiger partial charge in [-0.05, 0) is 30.0 Å². The molecule has 8 heteroatoms. The second-order valence-electron chi connectivity index (χ2n) is 5.83. The van der Waals surface area contributed by atoms with Crippen molar-refractivity contribution in [2.45, 2.75) is 17.2 Å². The van der Waals surface area contributed by atoms with Gasteiger partial charge in [0.15, 0.2) is 0 Å². The molecule has 1 aliphatic heterocycles. The van der Waals surface area contributed by atoms with Crippen molar-refractivity contribution >= 4 is 27.6 Å². The zero-order valence-electron chi connectivity index (χ0n) is 13.0. The van der Waals surface area contributed by atoms with Crippen LogP contribution in [0.1, 0.15) is 28.3 Å². The van der Waals surface area contributed by atoms with Gasteiger partial charge in [0, 0.05) is 13.1 Å². The molecule has 1 N–H and O–H groups in total. The summed E-state index contributed by atoms with van der Waals surface area (Å²) in [5.41, 5.74) is 0.466. The normalized spacial score (nSPS) is 18.4. The van der Waals surface area contributed by atoms with Crippen LogP contribution in [0.4, 0.5) is 4.39 Å². The molecule has 3 rings (SSSR count). The third-order valence-electron chi connectivity index (χ3n) is 4.29. The maximum absolute atomic E-state index is 13.9. The molecule has 0 bridgehead atoms. The molecule has 0 aliphatic carbocycles. The Morgan fingerprint density at radius 1 is 1.24 bits per heavy atom. The average molecular weight is 384 g/mol. The van der Waals surface area contributed by atoms with E-state index in [1.165, 1.54) is 4.31 Å². The van der Waals surface area contributed by atoms with Crippen LogP contribution < -0.4 is 0 Å². The number of sulfonamides is 1. The summed E-state index contributed by atoms with van der Waals surface area (Å²) in [6.45, 7) is 0.549. The minimum Gasteiger partial charge on any atom is -0.478 e. The summed E-state index contributed by atoms with van der Waals surface area (Å²) in [6.07, 6.45) is 0.644. The highest BCUT2D eigenvalue weighted by molar-refractivity contribution is 7.89. The van der Waals surface area contributed by atoms with Crippen molar-refractivity contribution in [1.82, 2.24) is 4.31 Å². The van der Waals surface area contributed by atoms with Gasteiger partial charge < -0.3 is 5.11 Å². The standard InChI is InChI=1S/C17H15ClFNO4S/c18-16-14(17(21)22)8-13(9-15(16)19)25(23,24)20-7-6-12(10-20)11-4-2-1-3-5-11/h1-5,8-9,12H,6-7,10H2,(H,21,22)/t12-/m1/s1.